The minimum Gasteiger partial charge on any atom is -0.493 e. The summed E-state index contributed by atoms with van der Waals surface area (Å²) >= 11 is 0. The van der Waals surface area contributed by atoms with Crippen molar-refractivity contribution < 1.29 is 42.4 Å². The molecule has 0 unspecified atom stereocenters. The van der Waals surface area contributed by atoms with Crippen LogP contribution in [0.15, 0.2) is 30.4 Å². The lowest BCUT2D eigenvalue weighted by atomic mass is 9.77. The largest absolute Gasteiger partial charge is 0.493 e. The average molecular weight is 474 g/mol. The number of ether oxygens (including phenoxy) is 2. The van der Waals surface area contributed by atoms with E-state index in [9.17, 15) is 31.5 Å². The second-order valence-electron chi connectivity index (χ2n) is 7.67. The van der Waals surface area contributed by atoms with Crippen molar-refractivity contribution in [1.29, 1.82) is 0 Å². The molecular formula is C21H20F5N3O4. The van der Waals surface area contributed by atoms with Crippen molar-refractivity contribution in [1.82, 2.24) is 4.98 Å². The number of pyridine rings is 1. The molecule has 3 N–H and O–H groups in total. The first-order chi connectivity index (χ1) is 15.7. The third kappa shape index (κ3) is 4.22. The summed E-state index contributed by atoms with van der Waals surface area (Å²) in [4.78, 5) is 28.1. The molecule has 33 heavy (non-hydrogen) atoms. The Kier molecular flexibility index (Phi) is 5.95. The van der Waals surface area contributed by atoms with E-state index in [1.807, 2.05) is 0 Å². The molecule has 0 saturated carbocycles. The number of nitrogens with one attached hydrogen (secondary N) is 1. The Morgan fingerprint density at radius 2 is 1.97 bits per heavy atom. The summed E-state index contributed by atoms with van der Waals surface area (Å²) in [6, 6.07) is 3.82. The lowest BCUT2D eigenvalue weighted by Gasteiger charge is -2.32. The maximum absolute atomic E-state index is 14.4. The highest BCUT2D eigenvalue weighted by Gasteiger charge is 2.65. The topological polar surface area (TPSA) is 104 Å². The summed E-state index contributed by atoms with van der Waals surface area (Å²) in [5, 5.41) is 2.29. The molecule has 2 aromatic rings. The lowest BCUT2D eigenvalue weighted by Crippen LogP contribution is -2.47. The number of alkyl halides is 3. The molecule has 0 spiro atoms. The zero-order chi connectivity index (χ0) is 25.6. The smallest absolute Gasteiger partial charge is 0.417 e. The van der Waals surface area contributed by atoms with Gasteiger partial charge in [0.1, 0.15) is 11.8 Å². The first-order valence-corrected chi connectivity index (χ1v) is 9.57. The number of hydrogen-bond acceptors (Lipinski definition) is 5. The quantitative estimate of drug-likeness (QED) is 0.646. The normalized spacial score (nSPS) is 25.5. The predicted octanol–water partition coefficient (Wildman–Crippen LogP) is 3.55. The molecule has 0 radical (unpaired) electrons. The number of carbonyl (C=O) groups excluding carboxylic acids is 2. The minimum atomic E-state index is -4.92. The first kappa shape index (κ1) is 22.9. The molecule has 2 amide bonds. The number of primary amides is 1. The Labute approximate surface area is 186 Å². The van der Waals surface area contributed by atoms with Gasteiger partial charge in [0.15, 0.2) is 17.2 Å². The standard InChI is InChI=1S/C21H20F5N3O4/c1-9-14(11-4-5-12(22)15(23)16(11)32-3)17(33-20(9,2)21(24,25)26)19(31)29-10-6-7-28-13(8-10)18(27)30/h4-9,14,17H,1-3H3,(H2,27,30)(H,28,29,31)/t9-,14+,17-,20-/m1/s1/i7D. The number of amides is 2. The third-order valence-electron chi connectivity index (χ3n) is 5.79. The van der Waals surface area contributed by atoms with Gasteiger partial charge >= 0.3 is 6.18 Å². The van der Waals surface area contributed by atoms with E-state index < -0.39 is 65.1 Å². The van der Waals surface area contributed by atoms with Crippen LogP contribution in [0.25, 0.3) is 0 Å². The van der Waals surface area contributed by atoms with Crippen molar-refractivity contribution in [3.63, 3.8) is 0 Å². The van der Waals surface area contributed by atoms with Gasteiger partial charge < -0.3 is 20.5 Å². The molecule has 7 nitrogen and oxygen atoms in total. The number of anilines is 1. The number of methoxy groups -OCH3 is 1. The molecule has 0 aliphatic carbocycles. The Balaban J connectivity index is 2.09. The summed E-state index contributed by atoms with van der Waals surface area (Å²) in [7, 11) is 1.01. The molecule has 2 heterocycles. The molecule has 0 bridgehead atoms. The summed E-state index contributed by atoms with van der Waals surface area (Å²) in [5.74, 6) is -8.30. The maximum atomic E-state index is 14.4. The monoisotopic (exact) mass is 474 g/mol. The van der Waals surface area contributed by atoms with Crippen molar-refractivity contribution in [2.75, 3.05) is 12.4 Å². The van der Waals surface area contributed by atoms with Crippen LogP contribution >= 0.6 is 0 Å². The number of halogens is 5. The van der Waals surface area contributed by atoms with Gasteiger partial charge in [-0.3, -0.25) is 14.6 Å². The second-order valence-corrected chi connectivity index (χ2v) is 7.67. The number of nitrogens with two attached hydrogens (primary N) is 1. The number of benzene rings is 1. The fourth-order valence-electron chi connectivity index (χ4n) is 3.84. The van der Waals surface area contributed by atoms with Crippen LogP contribution in [0.5, 0.6) is 5.75 Å². The van der Waals surface area contributed by atoms with Gasteiger partial charge in [-0.05, 0) is 25.1 Å². The van der Waals surface area contributed by atoms with Crippen LogP contribution in [0.3, 0.4) is 0 Å². The molecule has 178 valence electrons. The SMILES string of the molecule is [2H]c1cc(NC(=O)[C@@H]2O[C@@](C)(C(F)(F)F)[C@H](C)[C@H]2c2ccc(F)c(F)c2OC)cc(C(N)=O)n1. The van der Waals surface area contributed by atoms with Crippen molar-refractivity contribution in [2.24, 2.45) is 11.7 Å². The van der Waals surface area contributed by atoms with E-state index >= 15 is 0 Å². The number of nitrogens with zero attached hydrogens (tertiary/aromatic N) is 1. The number of carbonyl (C=O) groups is 2. The van der Waals surface area contributed by atoms with Gasteiger partial charge in [-0.25, -0.2) is 4.39 Å². The van der Waals surface area contributed by atoms with Crippen molar-refractivity contribution in [3.05, 3.63) is 53.3 Å². The molecule has 1 aromatic carbocycles. The van der Waals surface area contributed by atoms with Gasteiger partial charge in [0.05, 0.1) is 8.48 Å². The first-order valence-electron chi connectivity index (χ1n) is 10.1. The summed E-state index contributed by atoms with van der Waals surface area (Å²) in [6.45, 7) is 1.93. The van der Waals surface area contributed by atoms with Gasteiger partial charge in [0.2, 0.25) is 5.82 Å². The molecule has 1 aliphatic rings. The molecule has 12 heteroatoms. The molecule has 1 saturated heterocycles. The zero-order valence-corrected chi connectivity index (χ0v) is 17.6. The van der Waals surface area contributed by atoms with Gasteiger partial charge in [-0.1, -0.05) is 13.0 Å². The summed E-state index contributed by atoms with van der Waals surface area (Å²) < 4.78 is 87.8. The van der Waals surface area contributed by atoms with E-state index in [1.54, 1.807) is 0 Å². The third-order valence-corrected chi connectivity index (χ3v) is 5.79. The highest BCUT2D eigenvalue weighted by Crippen LogP contribution is 2.55. The highest BCUT2D eigenvalue weighted by atomic mass is 19.4. The molecular weight excluding hydrogens is 453 g/mol. The van der Waals surface area contributed by atoms with E-state index in [0.717, 1.165) is 32.2 Å². The summed E-state index contributed by atoms with van der Waals surface area (Å²) in [5.41, 5.74) is 1.60. The fourth-order valence-corrected chi connectivity index (χ4v) is 3.84. The van der Waals surface area contributed by atoms with Gasteiger partial charge in [-0.2, -0.15) is 17.6 Å². The van der Waals surface area contributed by atoms with Crippen LogP contribution in [-0.2, 0) is 9.53 Å². The molecule has 1 aliphatic heterocycles. The van der Waals surface area contributed by atoms with Crippen LogP contribution < -0.4 is 15.8 Å². The second kappa shape index (κ2) is 8.58. The van der Waals surface area contributed by atoms with Gasteiger partial charge in [0, 0.05) is 29.3 Å². The predicted molar refractivity (Wildman–Crippen MR) is 106 cm³/mol. The minimum absolute atomic E-state index is 0.147. The van der Waals surface area contributed by atoms with Crippen LogP contribution in [0.1, 0.15) is 37.2 Å². The fraction of sp³-hybridized carbons (Fsp3) is 0.381. The average Bonchev–Trinajstić information content (AvgIpc) is 3.01. The van der Waals surface area contributed by atoms with E-state index in [2.05, 4.69) is 10.3 Å². The Hall–Kier alpha value is -3.28. The maximum Gasteiger partial charge on any atom is 0.417 e. The van der Waals surface area contributed by atoms with E-state index in [0.29, 0.717) is 6.07 Å². The zero-order valence-electron chi connectivity index (χ0n) is 18.6. The molecule has 4 atom stereocenters. The van der Waals surface area contributed by atoms with E-state index in [4.69, 9.17) is 16.6 Å². The number of aromatic nitrogens is 1. The van der Waals surface area contributed by atoms with Gasteiger partial charge in [0.25, 0.3) is 11.8 Å². The Morgan fingerprint density at radius 3 is 2.55 bits per heavy atom. The van der Waals surface area contributed by atoms with Gasteiger partial charge in [-0.15, -0.1) is 0 Å². The molecule has 1 fully saturated rings. The van der Waals surface area contributed by atoms with Crippen molar-refractivity contribution >= 4 is 17.5 Å². The Morgan fingerprint density at radius 1 is 1.30 bits per heavy atom. The number of hydrogen-bond donors (Lipinski definition) is 2. The van der Waals surface area contributed by atoms with Crippen molar-refractivity contribution in [3.8, 4) is 5.75 Å². The van der Waals surface area contributed by atoms with Crippen LogP contribution in [0.2, 0.25) is 0 Å². The molecule has 1 aromatic heterocycles. The van der Waals surface area contributed by atoms with Crippen LogP contribution in [-0.4, -0.2) is 41.8 Å². The van der Waals surface area contributed by atoms with E-state index in [-0.39, 0.29) is 16.9 Å². The lowest BCUT2D eigenvalue weighted by molar-refractivity contribution is -0.272. The van der Waals surface area contributed by atoms with E-state index in [1.165, 1.54) is 6.92 Å². The highest BCUT2D eigenvalue weighted by molar-refractivity contribution is 5.97. The summed E-state index contributed by atoms with van der Waals surface area (Å²) in [6.07, 6.45) is -7.19. The van der Waals surface area contributed by atoms with Crippen LogP contribution in [0.4, 0.5) is 27.6 Å². The molecule has 3 rings (SSSR count). The number of rotatable bonds is 5. The van der Waals surface area contributed by atoms with Crippen LogP contribution in [0, 0.1) is 17.6 Å². The van der Waals surface area contributed by atoms with Crippen molar-refractivity contribution in [2.45, 2.75) is 37.6 Å². The Bertz CT molecular complexity index is 1150.